The van der Waals surface area contributed by atoms with Crippen LogP contribution in [0.2, 0.25) is 0 Å². The van der Waals surface area contributed by atoms with E-state index in [1.54, 1.807) is 0 Å². The Balaban J connectivity index is 1.72. The molecule has 0 atom stereocenters. The second-order valence-electron chi connectivity index (χ2n) is 7.61. The predicted octanol–water partition coefficient (Wildman–Crippen LogP) is 2.85. The topological polar surface area (TPSA) is 82.2 Å². The van der Waals surface area contributed by atoms with Crippen molar-refractivity contribution in [2.24, 2.45) is 0 Å². The first-order valence-corrected chi connectivity index (χ1v) is 9.78. The Kier molecular flexibility index (Phi) is 5.35. The molecule has 29 heavy (non-hydrogen) atoms. The highest BCUT2D eigenvalue weighted by Crippen LogP contribution is 2.36. The van der Waals surface area contributed by atoms with Crippen molar-refractivity contribution < 1.29 is 4.74 Å². The molecule has 3 aromatic rings. The number of anilines is 3. The molecule has 8 nitrogen and oxygen atoms in total. The molecule has 0 spiro atoms. The minimum Gasteiger partial charge on any atom is -0.492 e. The van der Waals surface area contributed by atoms with Crippen LogP contribution < -0.4 is 15.0 Å². The summed E-state index contributed by atoms with van der Waals surface area (Å²) in [5.41, 5.74) is 3.11. The number of aromatic nitrogens is 4. The fourth-order valence-electron chi connectivity index (χ4n) is 3.28. The average Bonchev–Trinajstić information content (AvgIpc) is 3.34. The number of hydrogen-bond acceptors (Lipinski definition) is 7. The van der Waals surface area contributed by atoms with Gasteiger partial charge < -0.3 is 19.9 Å². The molecule has 8 heteroatoms. The molecule has 0 bridgehead atoms. The molecule has 3 heterocycles. The van der Waals surface area contributed by atoms with Gasteiger partial charge in [-0.15, -0.1) is 0 Å². The van der Waals surface area contributed by atoms with Crippen LogP contribution in [-0.2, 0) is 6.42 Å². The lowest BCUT2D eigenvalue weighted by atomic mass is 10.1. The molecule has 0 amide bonds. The van der Waals surface area contributed by atoms with E-state index in [9.17, 15) is 0 Å². The molecule has 1 aromatic carbocycles. The Morgan fingerprint density at radius 1 is 1.10 bits per heavy atom. The van der Waals surface area contributed by atoms with Gasteiger partial charge in [-0.25, -0.2) is 9.97 Å². The van der Waals surface area contributed by atoms with Gasteiger partial charge in [-0.3, -0.25) is 5.10 Å². The summed E-state index contributed by atoms with van der Waals surface area (Å²) in [6.45, 7) is 4.45. The third kappa shape index (κ3) is 4.32. The van der Waals surface area contributed by atoms with Crippen molar-refractivity contribution in [2.45, 2.75) is 13.3 Å². The summed E-state index contributed by atoms with van der Waals surface area (Å²) in [6, 6.07) is 10.1. The van der Waals surface area contributed by atoms with Crippen LogP contribution in [0.4, 0.5) is 17.5 Å². The molecule has 0 fully saturated rings. The molecule has 1 aliphatic rings. The lowest BCUT2D eigenvalue weighted by molar-refractivity contribution is 0.358. The van der Waals surface area contributed by atoms with Crippen LogP contribution in [0.25, 0.3) is 11.4 Å². The molecule has 4 rings (SSSR count). The first-order valence-electron chi connectivity index (χ1n) is 9.78. The molecular weight excluding hydrogens is 366 g/mol. The number of nitrogens with zero attached hydrogens (tertiary/aromatic N) is 5. The minimum atomic E-state index is 0.646. The maximum absolute atomic E-state index is 5.89. The number of para-hydroxylation sites is 1. The number of benzene rings is 1. The van der Waals surface area contributed by atoms with Crippen molar-refractivity contribution in [2.75, 3.05) is 51.1 Å². The van der Waals surface area contributed by atoms with E-state index in [-0.39, 0.29) is 0 Å². The van der Waals surface area contributed by atoms with E-state index < -0.39 is 0 Å². The van der Waals surface area contributed by atoms with E-state index in [1.807, 2.05) is 38.2 Å². The fraction of sp³-hybridized carbons (Fsp3) is 0.381. The SMILES string of the molecule is Cc1cc(Nc2cc(N(C)CCN(C)C)nc(-c3cccc4c3OCC4)n2)n[nH]1. The van der Waals surface area contributed by atoms with Crippen molar-refractivity contribution in [1.29, 1.82) is 0 Å². The Labute approximate surface area is 170 Å². The monoisotopic (exact) mass is 393 g/mol. The first-order chi connectivity index (χ1) is 14.0. The van der Waals surface area contributed by atoms with Crippen molar-refractivity contribution in [3.8, 4) is 17.1 Å². The molecular formula is C21H27N7O. The van der Waals surface area contributed by atoms with Crippen LogP contribution in [0.5, 0.6) is 5.75 Å². The minimum absolute atomic E-state index is 0.646. The number of ether oxygens (including phenoxy) is 1. The Morgan fingerprint density at radius 2 is 1.97 bits per heavy atom. The molecule has 0 saturated carbocycles. The highest BCUT2D eigenvalue weighted by molar-refractivity contribution is 5.71. The van der Waals surface area contributed by atoms with Crippen LogP contribution in [-0.4, -0.2) is 65.9 Å². The van der Waals surface area contributed by atoms with E-state index in [4.69, 9.17) is 14.7 Å². The Bertz CT molecular complexity index is 998. The number of rotatable bonds is 7. The highest BCUT2D eigenvalue weighted by Gasteiger charge is 2.20. The molecule has 0 aliphatic carbocycles. The number of hydrogen-bond donors (Lipinski definition) is 2. The molecule has 2 aromatic heterocycles. The van der Waals surface area contributed by atoms with Crippen molar-refractivity contribution >= 4 is 17.5 Å². The van der Waals surface area contributed by atoms with Crippen LogP contribution in [0, 0.1) is 6.92 Å². The van der Waals surface area contributed by atoms with E-state index in [0.29, 0.717) is 18.2 Å². The van der Waals surface area contributed by atoms with E-state index in [2.05, 4.69) is 45.5 Å². The normalized spacial score (nSPS) is 12.7. The van der Waals surface area contributed by atoms with Gasteiger partial charge in [0.2, 0.25) is 0 Å². The molecule has 0 unspecified atom stereocenters. The molecule has 0 saturated heterocycles. The Morgan fingerprint density at radius 3 is 2.72 bits per heavy atom. The predicted molar refractivity (Wildman–Crippen MR) is 115 cm³/mol. The summed E-state index contributed by atoms with van der Waals surface area (Å²) in [4.78, 5) is 13.9. The average molecular weight is 393 g/mol. The van der Waals surface area contributed by atoms with Crippen molar-refractivity contribution in [3.63, 3.8) is 0 Å². The fourth-order valence-corrected chi connectivity index (χ4v) is 3.28. The number of aromatic amines is 1. The maximum atomic E-state index is 5.89. The molecule has 152 valence electrons. The zero-order chi connectivity index (χ0) is 20.4. The third-order valence-corrected chi connectivity index (χ3v) is 4.90. The van der Waals surface area contributed by atoms with Gasteiger partial charge in [0.15, 0.2) is 11.6 Å². The first kappa shape index (κ1) is 19.2. The van der Waals surface area contributed by atoms with E-state index in [1.165, 1.54) is 5.56 Å². The molecule has 2 N–H and O–H groups in total. The number of H-pyrrole nitrogens is 1. The van der Waals surface area contributed by atoms with Crippen molar-refractivity contribution in [3.05, 3.63) is 41.6 Å². The summed E-state index contributed by atoms with van der Waals surface area (Å²) in [6.07, 6.45) is 0.920. The second kappa shape index (κ2) is 8.08. The van der Waals surface area contributed by atoms with Gasteiger partial charge in [-0.2, -0.15) is 5.10 Å². The number of fused-ring (bicyclic) bond motifs is 1. The third-order valence-electron chi connectivity index (χ3n) is 4.90. The van der Waals surface area contributed by atoms with E-state index >= 15 is 0 Å². The zero-order valence-corrected chi connectivity index (χ0v) is 17.4. The van der Waals surface area contributed by atoms with Gasteiger partial charge >= 0.3 is 0 Å². The van der Waals surface area contributed by atoms with Gasteiger partial charge in [-0.1, -0.05) is 12.1 Å². The van der Waals surface area contributed by atoms with Crippen LogP contribution in [0.1, 0.15) is 11.3 Å². The smallest absolute Gasteiger partial charge is 0.167 e. The Hall–Kier alpha value is -3.13. The molecule has 1 aliphatic heterocycles. The van der Waals surface area contributed by atoms with Crippen LogP contribution in [0.15, 0.2) is 30.3 Å². The second-order valence-corrected chi connectivity index (χ2v) is 7.61. The van der Waals surface area contributed by atoms with Gasteiger partial charge in [0.25, 0.3) is 0 Å². The summed E-state index contributed by atoms with van der Waals surface area (Å²) < 4.78 is 5.89. The van der Waals surface area contributed by atoms with E-state index in [0.717, 1.165) is 48.2 Å². The van der Waals surface area contributed by atoms with Gasteiger partial charge in [0.05, 0.1) is 12.2 Å². The summed E-state index contributed by atoms with van der Waals surface area (Å²) in [5, 5.41) is 10.5. The quantitative estimate of drug-likeness (QED) is 0.639. The van der Waals surface area contributed by atoms with Gasteiger partial charge in [0.1, 0.15) is 17.4 Å². The van der Waals surface area contributed by atoms with Crippen LogP contribution >= 0.6 is 0 Å². The van der Waals surface area contributed by atoms with Crippen molar-refractivity contribution in [1.82, 2.24) is 25.1 Å². The lowest BCUT2D eigenvalue weighted by Gasteiger charge is -2.22. The standard InChI is InChI=1S/C21H27N7O/c1-14-12-18(26-25-14)22-17-13-19(28(4)10-9-27(2)3)24-21(23-17)16-7-5-6-15-8-11-29-20(15)16/h5-7,12-13H,8-11H2,1-4H3,(H2,22,23,24,25,26). The zero-order valence-electron chi connectivity index (χ0n) is 17.4. The van der Waals surface area contributed by atoms with Gasteiger partial charge in [0, 0.05) is 44.4 Å². The molecule has 0 radical (unpaired) electrons. The maximum Gasteiger partial charge on any atom is 0.167 e. The number of nitrogens with one attached hydrogen (secondary N) is 2. The van der Waals surface area contributed by atoms with Gasteiger partial charge in [-0.05, 0) is 32.6 Å². The number of likely N-dealkylation sites (N-methyl/N-ethyl adjacent to an activating group) is 2. The van der Waals surface area contributed by atoms with Crippen LogP contribution in [0.3, 0.4) is 0 Å². The summed E-state index contributed by atoms with van der Waals surface area (Å²) in [7, 11) is 6.18. The largest absolute Gasteiger partial charge is 0.492 e. The highest BCUT2D eigenvalue weighted by atomic mass is 16.5. The summed E-state index contributed by atoms with van der Waals surface area (Å²) >= 11 is 0. The summed E-state index contributed by atoms with van der Waals surface area (Å²) in [5.74, 6) is 3.81. The lowest BCUT2D eigenvalue weighted by Crippen LogP contribution is -2.29. The number of aryl methyl sites for hydroxylation is 1.